The molecule has 1 unspecified atom stereocenters. The maximum Gasteiger partial charge on any atom is 0.322 e. The fourth-order valence-corrected chi connectivity index (χ4v) is 5.13. The summed E-state index contributed by atoms with van der Waals surface area (Å²) >= 11 is 0. The summed E-state index contributed by atoms with van der Waals surface area (Å²) < 4.78 is 5.87. The number of carbonyl (C=O) groups excluding carboxylic acids is 2. The van der Waals surface area contributed by atoms with Gasteiger partial charge in [0, 0.05) is 12.8 Å². The standard InChI is InChI=1S/C44H71NO5/c1-3-5-7-9-11-13-14-15-16-17-18-19-20-21-22-23-24-25-27-29-35-39-44(49)50-41(36-32-28-26-12-10-8-6-4-2)37-33-30-31-34-38-42(46)45-40-43(47)48/h5,7,11,13,15-16,18-19,21-22,24-25,32,36,41H,3-4,6,8-10,12,14,17,20,23,26-31,33-35,37-40H2,1-2H3,(H,45,46)(H,47,48)/b7-5-,13-11-,16-15-,19-18-,22-21-,25-24-,36-32-. The van der Waals surface area contributed by atoms with Crippen LogP contribution in [0.4, 0.5) is 0 Å². The lowest BCUT2D eigenvalue weighted by atomic mass is 10.1. The van der Waals surface area contributed by atoms with E-state index in [1.54, 1.807) is 0 Å². The minimum atomic E-state index is -1.03. The Kier molecular flexibility index (Phi) is 35.8. The SMILES string of the molecule is CC/C=C\C/C=C\C/C=C\C/C=C\C/C=C\C/C=C\CCCCC(=O)OC(/C=C\CCCCCCCC)CCCCCCC(=O)NCC(=O)O. The van der Waals surface area contributed by atoms with E-state index < -0.39 is 5.97 Å². The van der Waals surface area contributed by atoms with Crippen LogP contribution in [0.1, 0.15) is 162 Å². The third-order valence-corrected chi connectivity index (χ3v) is 8.04. The molecular weight excluding hydrogens is 622 g/mol. The highest BCUT2D eigenvalue weighted by atomic mass is 16.5. The smallest absolute Gasteiger partial charge is 0.322 e. The zero-order chi connectivity index (χ0) is 36.6. The Balaban J connectivity index is 4.22. The summed E-state index contributed by atoms with van der Waals surface area (Å²) in [7, 11) is 0. The van der Waals surface area contributed by atoms with Crippen molar-refractivity contribution in [3.05, 3.63) is 85.1 Å². The summed E-state index contributed by atoms with van der Waals surface area (Å²) in [6, 6.07) is 0. The van der Waals surface area contributed by atoms with Crippen LogP contribution in [0.2, 0.25) is 0 Å². The van der Waals surface area contributed by atoms with Crippen molar-refractivity contribution in [1.82, 2.24) is 5.32 Å². The molecule has 0 aliphatic carbocycles. The molecule has 0 radical (unpaired) electrons. The van der Waals surface area contributed by atoms with Crippen molar-refractivity contribution in [2.45, 2.75) is 168 Å². The van der Waals surface area contributed by atoms with Gasteiger partial charge in [0.05, 0.1) is 0 Å². The van der Waals surface area contributed by atoms with Gasteiger partial charge < -0.3 is 15.2 Å². The summed E-state index contributed by atoms with van der Waals surface area (Å²) in [6.07, 6.45) is 52.9. The Labute approximate surface area is 306 Å². The molecule has 282 valence electrons. The number of allylic oxidation sites excluding steroid dienone is 13. The Morgan fingerprint density at radius 1 is 0.560 bits per heavy atom. The van der Waals surface area contributed by atoms with Crippen molar-refractivity contribution in [3.8, 4) is 0 Å². The monoisotopic (exact) mass is 694 g/mol. The zero-order valence-corrected chi connectivity index (χ0v) is 31.7. The Morgan fingerprint density at radius 2 is 1.04 bits per heavy atom. The van der Waals surface area contributed by atoms with Crippen molar-refractivity contribution >= 4 is 17.8 Å². The molecule has 1 amide bonds. The molecule has 0 aromatic rings. The van der Waals surface area contributed by atoms with Gasteiger partial charge in [-0.1, -0.05) is 138 Å². The number of unbranched alkanes of at least 4 members (excludes halogenated alkanes) is 11. The summed E-state index contributed by atoms with van der Waals surface area (Å²) in [6.45, 7) is 4.05. The molecule has 6 nitrogen and oxygen atoms in total. The largest absolute Gasteiger partial charge is 0.480 e. The van der Waals surface area contributed by atoms with Gasteiger partial charge in [0.1, 0.15) is 12.6 Å². The van der Waals surface area contributed by atoms with E-state index in [0.717, 1.165) is 96.3 Å². The Hall–Kier alpha value is -3.41. The van der Waals surface area contributed by atoms with Gasteiger partial charge in [-0.2, -0.15) is 0 Å². The predicted molar refractivity (Wildman–Crippen MR) is 212 cm³/mol. The fraction of sp³-hybridized carbons (Fsp3) is 0.614. The average molecular weight is 694 g/mol. The predicted octanol–water partition coefficient (Wildman–Crippen LogP) is 12.0. The van der Waals surface area contributed by atoms with Gasteiger partial charge >= 0.3 is 11.9 Å². The molecular formula is C44H71NO5. The van der Waals surface area contributed by atoms with Crippen LogP contribution in [0.25, 0.3) is 0 Å². The number of carboxylic acids is 1. The topological polar surface area (TPSA) is 92.7 Å². The molecule has 0 fully saturated rings. The molecule has 0 aromatic heterocycles. The number of esters is 1. The molecule has 0 saturated heterocycles. The maximum atomic E-state index is 12.6. The summed E-state index contributed by atoms with van der Waals surface area (Å²) in [5.74, 6) is -1.39. The van der Waals surface area contributed by atoms with Crippen LogP contribution in [-0.2, 0) is 19.1 Å². The first-order valence-electron chi connectivity index (χ1n) is 19.7. The number of nitrogens with one attached hydrogen (secondary N) is 1. The second kappa shape index (κ2) is 38.4. The van der Waals surface area contributed by atoms with Crippen LogP contribution in [0.15, 0.2) is 85.1 Å². The fourth-order valence-electron chi connectivity index (χ4n) is 5.13. The average Bonchev–Trinajstić information content (AvgIpc) is 3.10. The Morgan fingerprint density at radius 3 is 1.64 bits per heavy atom. The van der Waals surface area contributed by atoms with Crippen LogP contribution >= 0.6 is 0 Å². The highest BCUT2D eigenvalue weighted by molar-refractivity contribution is 5.80. The molecule has 0 aliphatic rings. The first-order valence-corrected chi connectivity index (χ1v) is 19.7. The van der Waals surface area contributed by atoms with E-state index >= 15 is 0 Å². The van der Waals surface area contributed by atoms with E-state index in [9.17, 15) is 14.4 Å². The molecule has 0 heterocycles. The van der Waals surface area contributed by atoms with Gasteiger partial charge in [0.25, 0.3) is 0 Å². The van der Waals surface area contributed by atoms with E-state index in [0.29, 0.717) is 12.8 Å². The lowest BCUT2D eigenvalue weighted by Crippen LogP contribution is -2.28. The normalized spacial score (nSPS) is 13.0. The molecule has 0 rings (SSSR count). The van der Waals surface area contributed by atoms with Crippen LogP contribution in [0.5, 0.6) is 0 Å². The molecule has 0 aromatic carbocycles. The summed E-state index contributed by atoms with van der Waals surface area (Å²) in [5, 5.41) is 11.1. The van der Waals surface area contributed by atoms with E-state index in [4.69, 9.17) is 9.84 Å². The third kappa shape index (κ3) is 37.4. The first-order chi connectivity index (χ1) is 24.5. The maximum absolute atomic E-state index is 12.6. The highest BCUT2D eigenvalue weighted by Gasteiger charge is 2.11. The number of aliphatic carboxylic acids is 1. The van der Waals surface area contributed by atoms with Crippen molar-refractivity contribution in [1.29, 1.82) is 0 Å². The molecule has 0 spiro atoms. The highest BCUT2D eigenvalue weighted by Crippen LogP contribution is 2.14. The molecule has 0 aliphatic heterocycles. The van der Waals surface area contributed by atoms with Gasteiger partial charge in [-0.3, -0.25) is 14.4 Å². The molecule has 6 heteroatoms. The molecule has 1 atom stereocenters. The van der Waals surface area contributed by atoms with E-state index in [2.05, 4.69) is 104 Å². The number of ether oxygens (including phenoxy) is 1. The molecule has 0 bridgehead atoms. The summed E-state index contributed by atoms with van der Waals surface area (Å²) in [4.78, 5) is 34.9. The van der Waals surface area contributed by atoms with Crippen LogP contribution in [0.3, 0.4) is 0 Å². The van der Waals surface area contributed by atoms with Crippen molar-refractivity contribution in [3.63, 3.8) is 0 Å². The van der Waals surface area contributed by atoms with Crippen molar-refractivity contribution in [2.75, 3.05) is 6.54 Å². The lowest BCUT2D eigenvalue weighted by molar-refractivity contribution is -0.147. The second-order valence-corrected chi connectivity index (χ2v) is 12.8. The second-order valence-electron chi connectivity index (χ2n) is 12.8. The summed E-state index contributed by atoms with van der Waals surface area (Å²) in [5.41, 5.74) is 0. The minimum absolute atomic E-state index is 0.128. The molecule has 50 heavy (non-hydrogen) atoms. The molecule has 0 saturated carbocycles. The van der Waals surface area contributed by atoms with Crippen molar-refractivity contribution < 1.29 is 24.2 Å². The van der Waals surface area contributed by atoms with Crippen LogP contribution in [0, 0.1) is 0 Å². The van der Waals surface area contributed by atoms with E-state index in [-0.39, 0.29) is 24.5 Å². The van der Waals surface area contributed by atoms with E-state index in [1.165, 1.54) is 38.5 Å². The van der Waals surface area contributed by atoms with Gasteiger partial charge in [0.15, 0.2) is 0 Å². The zero-order valence-electron chi connectivity index (χ0n) is 31.7. The number of carbonyl (C=O) groups is 3. The van der Waals surface area contributed by atoms with Crippen LogP contribution < -0.4 is 5.32 Å². The van der Waals surface area contributed by atoms with E-state index in [1.807, 2.05) is 0 Å². The van der Waals surface area contributed by atoms with Gasteiger partial charge in [0.2, 0.25) is 5.91 Å². The number of carboxylic acid groups (broad SMARTS) is 1. The number of amides is 1. The number of hydrogen-bond acceptors (Lipinski definition) is 4. The number of hydrogen-bond donors (Lipinski definition) is 2. The lowest BCUT2D eigenvalue weighted by Gasteiger charge is -2.15. The quantitative estimate of drug-likeness (QED) is 0.0397. The third-order valence-electron chi connectivity index (χ3n) is 8.04. The first kappa shape index (κ1) is 46.6. The van der Waals surface area contributed by atoms with Gasteiger partial charge in [-0.25, -0.2) is 0 Å². The van der Waals surface area contributed by atoms with Crippen LogP contribution in [-0.4, -0.2) is 35.6 Å². The Bertz CT molecular complexity index is 1030. The number of rotatable bonds is 34. The molecule has 2 N–H and O–H groups in total. The van der Waals surface area contributed by atoms with Crippen molar-refractivity contribution in [2.24, 2.45) is 0 Å². The minimum Gasteiger partial charge on any atom is -0.480 e. The van der Waals surface area contributed by atoms with Gasteiger partial charge in [-0.05, 0) is 96.0 Å². The van der Waals surface area contributed by atoms with Gasteiger partial charge in [-0.15, -0.1) is 0 Å².